The summed E-state index contributed by atoms with van der Waals surface area (Å²) in [6.45, 7) is 8.28. The van der Waals surface area contributed by atoms with Crippen LogP contribution in [-0.2, 0) is 16.9 Å². The number of hydrogen-bond acceptors (Lipinski definition) is 3. The molecule has 0 amide bonds. The molecule has 0 radical (unpaired) electrons. The van der Waals surface area contributed by atoms with Gasteiger partial charge in [-0.25, -0.2) is 0 Å². The van der Waals surface area contributed by atoms with Crippen LogP contribution in [-0.4, -0.2) is 20.9 Å². The lowest BCUT2D eigenvalue weighted by Gasteiger charge is -2.10. The summed E-state index contributed by atoms with van der Waals surface area (Å²) in [6.07, 6.45) is 2.17. The third kappa shape index (κ3) is 2.90. The number of carbonyl (C=O) groups is 1. The minimum atomic E-state index is -0.0610. The standard InChI is InChI=1S/C9H17N4O/c1-8(14)5-6-13-10-7-12(11-13)9(2,3)4/h7H,5-6H2,1-4H3/q+1. The van der Waals surface area contributed by atoms with Crippen molar-refractivity contribution in [2.45, 2.75) is 46.2 Å². The molecular formula is C9H17N4O+. The van der Waals surface area contributed by atoms with E-state index in [-0.39, 0.29) is 11.3 Å². The molecule has 0 fully saturated rings. The summed E-state index contributed by atoms with van der Waals surface area (Å²) >= 11 is 0. The van der Waals surface area contributed by atoms with E-state index in [4.69, 9.17) is 0 Å². The Kier molecular flexibility index (Phi) is 2.98. The number of nitrogens with zero attached hydrogens (tertiary/aromatic N) is 4. The summed E-state index contributed by atoms with van der Waals surface area (Å²) in [5.41, 5.74) is -0.0610. The van der Waals surface area contributed by atoms with E-state index in [0.29, 0.717) is 13.0 Å². The lowest BCUT2D eigenvalue weighted by atomic mass is 10.1. The number of ketones is 1. The highest BCUT2D eigenvalue weighted by atomic mass is 16.1. The van der Waals surface area contributed by atoms with Crippen molar-refractivity contribution in [2.75, 3.05) is 0 Å². The van der Waals surface area contributed by atoms with Crippen LogP contribution in [0.3, 0.4) is 0 Å². The van der Waals surface area contributed by atoms with Crippen molar-refractivity contribution >= 4 is 5.78 Å². The Morgan fingerprint density at radius 2 is 2.14 bits per heavy atom. The second kappa shape index (κ2) is 3.86. The van der Waals surface area contributed by atoms with Crippen molar-refractivity contribution in [1.29, 1.82) is 0 Å². The zero-order chi connectivity index (χ0) is 10.8. The molecule has 1 rings (SSSR count). The lowest BCUT2D eigenvalue weighted by molar-refractivity contribution is -0.807. The number of hydrogen-bond donors (Lipinski definition) is 0. The minimum Gasteiger partial charge on any atom is -0.300 e. The highest BCUT2D eigenvalue weighted by Crippen LogP contribution is 2.00. The summed E-state index contributed by atoms with van der Waals surface area (Å²) in [4.78, 5) is 12.3. The van der Waals surface area contributed by atoms with E-state index in [1.807, 2.05) is 0 Å². The molecule has 5 heteroatoms. The fourth-order valence-electron chi connectivity index (χ4n) is 0.933. The minimum absolute atomic E-state index is 0.0610. The Balaban J connectivity index is 2.64. The smallest absolute Gasteiger partial charge is 0.286 e. The second-order valence-electron chi connectivity index (χ2n) is 4.38. The molecule has 1 aromatic heterocycles. The van der Waals surface area contributed by atoms with Crippen molar-refractivity contribution in [3.8, 4) is 0 Å². The first-order valence-electron chi connectivity index (χ1n) is 4.71. The number of Topliss-reactive ketones (excluding diaryl/α,β-unsaturated/α-hetero) is 1. The van der Waals surface area contributed by atoms with Crippen LogP contribution >= 0.6 is 0 Å². The molecule has 1 heterocycles. The number of aryl methyl sites for hydroxylation is 1. The van der Waals surface area contributed by atoms with E-state index in [2.05, 4.69) is 31.1 Å². The van der Waals surface area contributed by atoms with Gasteiger partial charge in [0.05, 0.1) is 10.3 Å². The van der Waals surface area contributed by atoms with Crippen LogP contribution < -0.4 is 4.68 Å². The van der Waals surface area contributed by atoms with Crippen LogP contribution in [0.1, 0.15) is 34.1 Å². The monoisotopic (exact) mass is 197 g/mol. The SMILES string of the molecule is CC(=O)CCn1nc[n+](C(C)(C)C)n1. The van der Waals surface area contributed by atoms with Gasteiger partial charge in [-0.15, -0.1) is 4.68 Å². The summed E-state index contributed by atoms with van der Waals surface area (Å²) in [7, 11) is 0. The van der Waals surface area contributed by atoms with Crippen LogP contribution in [0.4, 0.5) is 0 Å². The number of rotatable bonds is 3. The van der Waals surface area contributed by atoms with Crippen LogP contribution in [0.25, 0.3) is 0 Å². The molecule has 0 aliphatic carbocycles. The zero-order valence-corrected chi connectivity index (χ0v) is 9.19. The fourth-order valence-corrected chi connectivity index (χ4v) is 0.933. The highest BCUT2D eigenvalue weighted by Gasteiger charge is 2.21. The van der Waals surface area contributed by atoms with E-state index in [9.17, 15) is 4.79 Å². The van der Waals surface area contributed by atoms with E-state index in [0.717, 1.165) is 0 Å². The van der Waals surface area contributed by atoms with Crippen molar-refractivity contribution in [3.63, 3.8) is 0 Å². The van der Waals surface area contributed by atoms with Gasteiger partial charge in [0.1, 0.15) is 17.9 Å². The third-order valence-electron chi connectivity index (χ3n) is 1.85. The molecule has 0 N–H and O–H groups in total. The van der Waals surface area contributed by atoms with E-state index in [1.165, 1.54) is 0 Å². The van der Waals surface area contributed by atoms with Gasteiger partial charge in [-0.1, -0.05) is 0 Å². The molecule has 14 heavy (non-hydrogen) atoms. The summed E-state index contributed by atoms with van der Waals surface area (Å²) in [6, 6.07) is 0. The molecule has 0 aliphatic rings. The number of tetrazole rings is 1. The van der Waals surface area contributed by atoms with Gasteiger partial charge in [0.25, 0.3) is 6.33 Å². The van der Waals surface area contributed by atoms with E-state index >= 15 is 0 Å². The molecule has 0 saturated heterocycles. The average Bonchev–Trinajstić information content (AvgIpc) is 2.47. The normalized spacial score (nSPS) is 11.7. The maximum absolute atomic E-state index is 10.7. The number of aromatic nitrogens is 4. The first-order chi connectivity index (χ1) is 6.39. The Hall–Kier alpha value is -1.26. The maximum atomic E-state index is 10.7. The molecular weight excluding hydrogens is 180 g/mol. The van der Waals surface area contributed by atoms with Crippen molar-refractivity contribution in [1.82, 2.24) is 15.1 Å². The summed E-state index contributed by atoms with van der Waals surface area (Å²) < 4.78 is 1.78. The molecule has 0 atom stereocenters. The van der Waals surface area contributed by atoms with Gasteiger partial charge in [-0.3, -0.25) is 4.79 Å². The Morgan fingerprint density at radius 1 is 1.50 bits per heavy atom. The molecule has 0 unspecified atom stereocenters. The van der Waals surface area contributed by atoms with Gasteiger partial charge in [0.15, 0.2) is 0 Å². The first kappa shape index (κ1) is 10.8. The molecule has 0 aromatic carbocycles. The zero-order valence-electron chi connectivity index (χ0n) is 9.19. The molecule has 0 aliphatic heterocycles. The topological polar surface area (TPSA) is 51.7 Å². The maximum Gasteiger partial charge on any atom is 0.286 e. The molecule has 78 valence electrons. The molecule has 5 nitrogen and oxygen atoms in total. The lowest BCUT2D eigenvalue weighted by Crippen LogP contribution is -2.52. The van der Waals surface area contributed by atoms with Gasteiger partial charge in [0, 0.05) is 6.42 Å². The van der Waals surface area contributed by atoms with Crippen molar-refractivity contribution < 1.29 is 9.48 Å². The second-order valence-corrected chi connectivity index (χ2v) is 4.38. The van der Waals surface area contributed by atoms with Crippen molar-refractivity contribution in [2.24, 2.45) is 0 Å². The molecule has 0 saturated carbocycles. The Labute approximate surface area is 83.7 Å². The first-order valence-corrected chi connectivity index (χ1v) is 4.71. The van der Waals surface area contributed by atoms with Crippen LogP contribution in [0.2, 0.25) is 0 Å². The Morgan fingerprint density at radius 3 is 2.57 bits per heavy atom. The van der Waals surface area contributed by atoms with E-state index in [1.54, 1.807) is 22.7 Å². The quantitative estimate of drug-likeness (QED) is 0.655. The largest absolute Gasteiger partial charge is 0.300 e. The van der Waals surface area contributed by atoms with Gasteiger partial charge in [-0.05, 0) is 32.5 Å². The predicted molar refractivity (Wildman–Crippen MR) is 50.5 cm³/mol. The Bertz CT molecular complexity index is 324. The number of carbonyl (C=O) groups excluding carboxylic acids is 1. The van der Waals surface area contributed by atoms with Gasteiger partial charge >= 0.3 is 0 Å². The van der Waals surface area contributed by atoms with Crippen LogP contribution in [0, 0.1) is 0 Å². The van der Waals surface area contributed by atoms with Crippen LogP contribution in [0.5, 0.6) is 0 Å². The van der Waals surface area contributed by atoms with Gasteiger partial charge in [0.2, 0.25) is 0 Å². The summed E-state index contributed by atoms with van der Waals surface area (Å²) in [5, 5.41) is 8.29. The summed E-state index contributed by atoms with van der Waals surface area (Å²) in [5.74, 6) is 0.157. The predicted octanol–water partition coefficient (Wildman–Crippen LogP) is 0.300. The highest BCUT2D eigenvalue weighted by molar-refractivity contribution is 5.75. The third-order valence-corrected chi connectivity index (χ3v) is 1.85. The fraction of sp³-hybridized carbons (Fsp3) is 0.778. The van der Waals surface area contributed by atoms with Gasteiger partial charge in [-0.2, -0.15) is 0 Å². The molecule has 0 bridgehead atoms. The van der Waals surface area contributed by atoms with Crippen molar-refractivity contribution in [3.05, 3.63) is 6.33 Å². The molecule has 0 spiro atoms. The van der Waals surface area contributed by atoms with Gasteiger partial charge < -0.3 is 0 Å². The molecule has 1 aromatic rings. The van der Waals surface area contributed by atoms with Crippen LogP contribution in [0.15, 0.2) is 6.33 Å². The van der Waals surface area contributed by atoms with E-state index < -0.39 is 0 Å². The average molecular weight is 197 g/mol.